The van der Waals surface area contributed by atoms with Crippen LogP contribution >= 0.6 is 0 Å². The molecule has 0 radical (unpaired) electrons. The van der Waals surface area contributed by atoms with Crippen molar-refractivity contribution >= 4 is 23.4 Å². The predicted molar refractivity (Wildman–Crippen MR) is 136 cm³/mol. The summed E-state index contributed by atoms with van der Waals surface area (Å²) in [6.07, 6.45) is -4.34. The molecule has 1 fully saturated rings. The summed E-state index contributed by atoms with van der Waals surface area (Å²) in [5.41, 5.74) is 0.558. The van der Waals surface area contributed by atoms with Crippen LogP contribution in [0.15, 0.2) is 53.7 Å². The van der Waals surface area contributed by atoms with Gasteiger partial charge in [-0.05, 0) is 49.2 Å². The number of likely N-dealkylation sites (N-methyl/N-ethyl adjacent to an activating group) is 1. The quantitative estimate of drug-likeness (QED) is 0.632. The van der Waals surface area contributed by atoms with E-state index < -0.39 is 23.8 Å². The Hall–Kier alpha value is -4.17. The van der Waals surface area contributed by atoms with E-state index in [-0.39, 0.29) is 53.0 Å². The van der Waals surface area contributed by atoms with Gasteiger partial charge in [-0.15, -0.1) is 0 Å². The summed E-state index contributed by atoms with van der Waals surface area (Å²) in [6.45, 7) is 3.46. The van der Waals surface area contributed by atoms with Gasteiger partial charge in [0.2, 0.25) is 0 Å². The Morgan fingerprint density at radius 3 is 2.59 bits per heavy atom. The molecule has 11 heteroatoms. The Balaban J connectivity index is 1.64. The second-order valence-electron chi connectivity index (χ2n) is 9.98. The Bertz CT molecular complexity index is 1440. The Labute approximate surface area is 223 Å². The SMILES string of the molecule is CC1CN(C(=O)c2cc(C#N)ccc2C2C3=C(CCC3=O)N(c3cccc(C(F)(F)F)c3)C(=O)N2C)CCN1. The van der Waals surface area contributed by atoms with Crippen molar-refractivity contribution in [1.29, 1.82) is 5.26 Å². The van der Waals surface area contributed by atoms with Gasteiger partial charge in [0.05, 0.1) is 28.9 Å². The van der Waals surface area contributed by atoms with E-state index in [0.29, 0.717) is 30.9 Å². The molecular weight excluding hydrogens is 511 g/mol. The number of anilines is 1. The van der Waals surface area contributed by atoms with Crippen molar-refractivity contribution in [2.24, 2.45) is 0 Å². The summed E-state index contributed by atoms with van der Waals surface area (Å²) in [5, 5.41) is 12.8. The van der Waals surface area contributed by atoms with Crippen LogP contribution < -0.4 is 10.2 Å². The molecule has 202 valence electrons. The third-order valence-electron chi connectivity index (χ3n) is 7.42. The van der Waals surface area contributed by atoms with Gasteiger partial charge in [0, 0.05) is 56.0 Å². The van der Waals surface area contributed by atoms with E-state index in [1.54, 1.807) is 11.0 Å². The Morgan fingerprint density at radius 2 is 1.90 bits per heavy atom. The smallest absolute Gasteiger partial charge is 0.336 e. The number of piperazine rings is 1. The lowest BCUT2D eigenvalue weighted by Crippen LogP contribution is -2.52. The number of nitrogens with one attached hydrogen (secondary N) is 1. The van der Waals surface area contributed by atoms with E-state index in [0.717, 1.165) is 17.0 Å². The molecule has 8 nitrogen and oxygen atoms in total. The summed E-state index contributed by atoms with van der Waals surface area (Å²) >= 11 is 0. The molecule has 1 aliphatic carbocycles. The third-order valence-corrected chi connectivity index (χ3v) is 7.42. The number of carbonyl (C=O) groups is 3. The first-order valence-corrected chi connectivity index (χ1v) is 12.6. The van der Waals surface area contributed by atoms with E-state index in [1.807, 2.05) is 13.0 Å². The number of allylic oxidation sites excluding steroid dienone is 1. The number of halogens is 3. The first-order valence-electron chi connectivity index (χ1n) is 12.6. The number of amides is 3. The van der Waals surface area contributed by atoms with Crippen molar-refractivity contribution in [3.8, 4) is 6.07 Å². The molecule has 3 amide bonds. The molecule has 0 bridgehead atoms. The molecule has 0 spiro atoms. The second-order valence-corrected chi connectivity index (χ2v) is 9.98. The molecule has 0 saturated carbocycles. The van der Waals surface area contributed by atoms with Gasteiger partial charge in [0.15, 0.2) is 5.78 Å². The maximum Gasteiger partial charge on any atom is 0.416 e. The number of Topliss-reactive ketones (excluding diaryl/α,β-unsaturated/α-hetero) is 1. The van der Waals surface area contributed by atoms with Crippen molar-refractivity contribution in [1.82, 2.24) is 15.1 Å². The second kappa shape index (κ2) is 9.85. The average Bonchev–Trinajstić information content (AvgIpc) is 3.29. The molecule has 2 aliphatic heterocycles. The topological polar surface area (TPSA) is 96.7 Å². The minimum absolute atomic E-state index is 0.00765. The van der Waals surface area contributed by atoms with E-state index in [1.165, 1.54) is 36.2 Å². The summed E-state index contributed by atoms with van der Waals surface area (Å²) in [7, 11) is 1.46. The molecule has 2 aromatic carbocycles. The van der Waals surface area contributed by atoms with Crippen molar-refractivity contribution in [3.05, 3.63) is 76.0 Å². The van der Waals surface area contributed by atoms with Gasteiger partial charge in [0.25, 0.3) is 5.91 Å². The van der Waals surface area contributed by atoms with Crippen molar-refractivity contribution in [3.63, 3.8) is 0 Å². The Kier molecular flexibility index (Phi) is 6.68. The molecule has 2 atom stereocenters. The zero-order chi connectivity index (χ0) is 28.1. The number of nitrogens with zero attached hydrogens (tertiary/aromatic N) is 4. The van der Waals surface area contributed by atoms with Crippen LogP contribution in [-0.4, -0.2) is 60.2 Å². The van der Waals surface area contributed by atoms with Crippen LogP contribution in [-0.2, 0) is 11.0 Å². The Morgan fingerprint density at radius 1 is 1.13 bits per heavy atom. The first-order chi connectivity index (χ1) is 18.5. The van der Waals surface area contributed by atoms with E-state index in [4.69, 9.17) is 0 Å². The number of benzene rings is 2. The molecule has 5 rings (SSSR count). The lowest BCUT2D eigenvalue weighted by molar-refractivity contribution is -0.137. The summed E-state index contributed by atoms with van der Waals surface area (Å²) < 4.78 is 40.3. The predicted octanol–water partition coefficient (Wildman–Crippen LogP) is 4.24. The highest BCUT2D eigenvalue weighted by Crippen LogP contribution is 2.46. The number of hydrogen-bond acceptors (Lipinski definition) is 5. The number of nitriles is 1. The number of alkyl halides is 3. The number of urea groups is 1. The van der Waals surface area contributed by atoms with E-state index in [2.05, 4.69) is 5.32 Å². The number of hydrogen-bond donors (Lipinski definition) is 1. The summed E-state index contributed by atoms with van der Waals surface area (Å²) in [4.78, 5) is 44.8. The van der Waals surface area contributed by atoms with Gasteiger partial charge >= 0.3 is 12.2 Å². The zero-order valence-electron chi connectivity index (χ0n) is 21.4. The molecule has 1 saturated heterocycles. The summed E-state index contributed by atoms with van der Waals surface area (Å²) in [5.74, 6) is -0.561. The van der Waals surface area contributed by atoms with Crippen LogP contribution in [0.3, 0.4) is 0 Å². The highest BCUT2D eigenvalue weighted by molar-refractivity contribution is 6.09. The fraction of sp³-hybridized carbons (Fsp3) is 0.357. The molecule has 39 heavy (non-hydrogen) atoms. The standard InChI is InChI=1S/C28H26F3N5O3/c1-16-15-35(11-10-33-16)26(38)21-12-17(14-32)6-7-20(21)25-24-22(8-9-23(24)37)36(27(39)34(25)2)19-5-3-4-18(13-19)28(29,30)31/h3-7,12-13,16,25,33H,8-11,15H2,1-2H3. The lowest BCUT2D eigenvalue weighted by atomic mass is 9.88. The van der Waals surface area contributed by atoms with Crippen LogP contribution in [0.25, 0.3) is 0 Å². The summed E-state index contributed by atoms with van der Waals surface area (Å²) in [6, 6.07) is 9.58. The van der Waals surface area contributed by atoms with Crippen LogP contribution in [0.4, 0.5) is 23.7 Å². The van der Waals surface area contributed by atoms with Gasteiger partial charge in [0.1, 0.15) is 0 Å². The normalized spacial score (nSPS) is 21.8. The fourth-order valence-electron chi connectivity index (χ4n) is 5.57. The van der Waals surface area contributed by atoms with Gasteiger partial charge < -0.3 is 15.1 Å². The molecule has 2 aromatic rings. The molecule has 1 N–H and O–H groups in total. The molecule has 0 aromatic heterocycles. The molecule has 2 heterocycles. The molecule has 2 unspecified atom stereocenters. The van der Waals surface area contributed by atoms with Crippen LogP contribution in [0.2, 0.25) is 0 Å². The van der Waals surface area contributed by atoms with Crippen molar-refractivity contribution in [2.75, 3.05) is 31.6 Å². The van der Waals surface area contributed by atoms with E-state index in [9.17, 15) is 32.8 Å². The maximum absolute atomic E-state index is 13.7. The van der Waals surface area contributed by atoms with Gasteiger partial charge in [-0.1, -0.05) is 12.1 Å². The van der Waals surface area contributed by atoms with Gasteiger partial charge in [-0.2, -0.15) is 18.4 Å². The monoisotopic (exact) mass is 537 g/mol. The van der Waals surface area contributed by atoms with E-state index >= 15 is 0 Å². The number of rotatable bonds is 3. The highest BCUT2D eigenvalue weighted by atomic mass is 19.4. The maximum atomic E-state index is 13.7. The largest absolute Gasteiger partial charge is 0.416 e. The number of carbonyl (C=O) groups excluding carboxylic acids is 3. The van der Waals surface area contributed by atoms with Gasteiger partial charge in [-0.25, -0.2) is 4.79 Å². The fourth-order valence-corrected chi connectivity index (χ4v) is 5.57. The first kappa shape index (κ1) is 26.4. The highest BCUT2D eigenvalue weighted by Gasteiger charge is 2.46. The van der Waals surface area contributed by atoms with Crippen LogP contribution in [0.5, 0.6) is 0 Å². The van der Waals surface area contributed by atoms with Crippen molar-refractivity contribution in [2.45, 2.75) is 38.0 Å². The van der Waals surface area contributed by atoms with Gasteiger partial charge in [-0.3, -0.25) is 14.5 Å². The minimum Gasteiger partial charge on any atom is -0.336 e. The minimum atomic E-state index is -4.61. The molecular formula is C28H26F3N5O3. The van der Waals surface area contributed by atoms with Crippen LogP contribution in [0, 0.1) is 11.3 Å². The lowest BCUT2D eigenvalue weighted by Gasteiger charge is -2.41. The third kappa shape index (κ3) is 4.65. The average molecular weight is 538 g/mol. The molecule has 3 aliphatic rings. The zero-order valence-corrected chi connectivity index (χ0v) is 21.4. The number of ketones is 1. The van der Waals surface area contributed by atoms with Crippen molar-refractivity contribution < 1.29 is 27.6 Å². The van der Waals surface area contributed by atoms with Crippen LogP contribution in [0.1, 0.15) is 52.9 Å².